The van der Waals surface area contributed by atoms with Gasteiger partial charge in [0, 0.05) is 18.4 Å². The van der Waals surface area contributed by atoms with Crippen LogP contribution in [0.5, 0.6) is 0 Å². The SMILES string of the molecule is CC(=O)[C@@]1(O)CC[C@H]2[C@@H]3CCC4=C/C(=N\OCC(=O)N5C[C@H](O)C[C@@H]5C(=O)O)CC[C@]4(C)[C@H]3CC[C@@]21C. The zero-order chi connectivity index (χ0) is 26.8. The standard InChI is InChI=1S/C28H40N2O7/c1-16(31)28(36)11-8-22-20-5-4-17-12-18(6-9-26(17,2)21(20)7-10-27(22,28)3)29-37-15-24(33)30-14-19(32)13-23(30)25(34)35/h12,19-23,32,36H,4-11,13-15H2,1-3H3,(H,34,35)/b29-18-/t19-,20-,21+,22+,23-,26+,27+,28+/m1/s1. The molecule has 4 fully saturated rings. The predicted octanol–water partition coefficient (Wildman–Crippen LogP) is 2.69. The van der Waals surface area contributed by atoms with Crippen LogP contribution in [-0.4, -0.2) is 74.5 Å². The van der Waals surface area contributed by atoms with Crippen LogP contribution in [-0.2, 0) is 19.2 Å². The predicted molar refractivity (Wildman–Crippen MR) is 134 cm³/mol. The van der Waals surface area contributed by atoms with Gasteiger partial charge >= 0.3 is 5.97 Å². The molecule has 5 rings (SSSR count). The molecule has 9 nitrogen and oxygen atoms in total. The Morgan fingerprint density at radius 3 is 2.54 bits per heavy atom. The van der Waals surface area contributed by atoms with Crippen molar-refractivity contribution in [1.82, 2.24) is 4.90 Å². The Hall–Kier alpha value is -2.26. The molecule has 0 aromatic heterocycles. The second kappa shape index (κ2) is 9.19. The van der Waals surface area contributed by atoms with Crippen molar-refractivity contribution >= 4 is 23.4 Å². The molecule has 1 heterocycles. The van der Waals surface area contributed by atoms with Crippen LogP contribution in [0.1, 0.15) is 78.6 Å². The van der Waals surface area contributed by atoms with Crippen molar-refractivity contribution in [2.45, 2.75) is 96.3 Å². The molecule has 0 spiro atoms. The number of carboxylic acid groups (broad SMARTS) is 1. The fourth-order valence-electron chi connectivity index (χ4n) is 8.81. The van der Waals surface area contributed by atoms with Gasteiger partial charge in [-0.15, -0.1) is 0 Å². The topological polar surface area (TPSA) is 137 Å². The first-order valence-electron chi connectivity index (χ1n) is 13.7. The van der Waals surface area contributed by atoms with Gasteiger partial charge in [0.25, 0.3) is 5.91 Å². The molecule has 1 amide bonds. The lowest BCUT2D eigenvalue weighted by atomic mass is 9.46. The molecule has 8 atom stereocenters. The molecular formula is C28H40N2O7. The molecule has 0 unspecified atom stereocenters. The van der Waals surface area contributed by atoms with Crippen molar-refractivity contribution in [2.24, 2.45) is 33.7 Å². The summed E-state index contributed by atoms with van der Waals surface area (Å²) in [5, 5.41) is 34.6. The lowest BCUT2D eigenvalue weighted by molar-refractivity contribution is -0.159. The second-order valence-electron chi connectivity index (χ2n) is 12.6. The Bertz CT molecular complexity index is 1060. The lowest BCUT2D eigenvalue weighted by Gasteiger charge is -2.59. The first-order chi connectivity index (χ1) is 17.4. The summed E-state index contributed by atoms with van der Waals surface area (Å²) in [6.07, 6.45) is 8.33. The molecule has 0 radical (unpaired) electrons. The summed E-state index contributed by atoms with van der Waals surface area (Å²) in [6.45, 7) is 5.67. The van der Waals surface area contributed by atoms with E-state index in [1.807, 2.05) is 0 Å². The smallest absolute Gasteiger partial charge is 0.326 e. The number of amides is 1. The summed E-state index contributed by atoms with van der Waals surface area (Å²) in [7, 11) is 0. The van der Waals surface area contributed by atoms with Crippen molar-refractivity contribution in [3.63, 3.8) is 0 Å². The third kappa shape index (κ3) is 4.04. The van der Waals surface area contributed by atoms with Crippen molar-refractivity contribution in [2.75, 3.05) is 13.2 Å². The second-order valence-corrected chi connectivity index (χ2v) is 12.6. The Kier molecular flexibility index (Phi) is 6.54. The molecule has 37 heavy (non-hydrogen) atoms. The van der Waals surface area contributed by atoms with E-state index in [2.05, 4.69) is 25.1 Å². The summed E-state index contributed by atoms with van der Waals surface area (Å²) in [5.41, 5.74) is 0.673. The highest BCUT2D eigenvalue weighted by atomic mass is 16.6. The average Bonchev–Trinajstić information content (AvgIpc) is 3.37. The fraction of sp³-hybridized carbons (Fsp3) is 0.786. The number of likely N-dealkylation sites (tertiary alicyclic amines) is 1. The molecule has 3 saturated carbocycles. The molecule has 204 valence electrons. The zero-order valence-corrected chi connectivity index (χ0v) is 22.1. The zero-order valence-electron chi connectivity index (χ0n) is 22.1. The molecule has 9 heteroatoms. The Balaban J connectivity index is 1.26. The number of hydrogen-bond donors (Lipinski definition) is 3. The number of carboxylic acids is 1. The number of aliphatic hydroxyl groups is 2. The quantitative estimate of drug-likeness (QED) is 0.478. The number of aliphatic hydroxyl groups excluding tert-OH is 1. The third-order valence-electron chi connectivity index (χ3n) is 11.0. The molecular weight excluding hydrogens is 476 g/mol. The Morgan fingerprint density at radius 2 is 1.84 bits per heavy atom. The molecule has 0 aromatic rings. The monoisotopic (exact) mass is 516 g/mol. The third-order valence-corrected chi connectivity index (χ3v) is 11.0. The fourth-order valence-corrected chi connectivity index (χ4v) is 8.81. The van der Waals surface area contributed by atoms with Gasteiger partial charge in [0.2, 0.25) is 0 Å². The number of aliphatic carboxylic acids is 1. The highest BCUT2D eigenvalue weighted by Crippen LogP contribution is 2.67. The minimum absolute atomic E-state index is 0.00938. The number of allylic oxidation sites excluding steroid dienone is 2. The van der Waals surface area contributed by atoms with E-state index in [1.165, 1.54) is 5.57 Å². The average molecular weight is 517 g/mol. The molecule has 0 bridgehead atoms. The number of Topliss-reactive ketones (excluding diaryl/α,β-unsaturated/α-hetero) is 1. The maximum absolute atomic E-state index is 12.5. The van der Waals surface area contributed by atoms with Crippen molar-refractivity contribution in [1.29, 1.82) is 0 Å². The molecule has 0 aromatic carbocycles. The Morgan fingerprint density at radius 1 is 1.11 bits per heavy atom. The summed E-state index contributed by atoms with van der Waals surface area (Å²) in [4.78, 5) is 42.8. The molecule has 4 aliphatic carbocycles. The normalized spacial score (nSPS) is 44.0. The van der Waals surface area contributed by atoms with Gasteiger partial charge in [-0.05, 0) is 87.5 Å². The van der Waals surface area contributed by atoms with Crippen molar-refractivity contribution in [3.05, 3.63) is 11.6 Å². The molecule has 5 aliphatic rings. The van der Waals surface area contributed by atoms with E-state index in [0.717, 1.165) is 55.6 Å². The maximum Gasteiger partial charge on any atom is 0.326 e. The van der Waals surface area contributed by atoms with Gasteiger partial charge in [-0.25, -0.2) is 4.79 Å². The minimum Gasteiger partial charge on any atom is -0.480 e. The first-order valence-corrected chi connectivity index (χ1v) is 13.7. The number of carbonyl (C=O) groups is 3. The number of fused-ring (bicyclic) bond motifs is 5. The van der Waals surface area contributed by atoms with Gasteiger partial charge in [0.15, 0.2) is 12.4 Å². The van der Waals surface area contributed by atoms with E-state index in [9.17, 15) is 29.7 Å². The van der Waals surface area contributed by atoms with Crippen LogP contribution in [0.15, 0.2) is 16.8 Å². The Labute approximate surface area is 217 Å². The van der Waals surface area contributed by atoms with E-state index < -0.39 is 29.6 Å². The van der Waals surface area contributed by atoms with Crippen LogP contribution in [0.25, 0.3) is 0 Å². The maximum atomic E-state index is 12.5. The van der Waals surface area contributed by atoms with Crippen LogP contribution >= 0.6 is 0 Å². The van der Waals surface area contributed by atoms with Crippen LogP contribution in [0.3, 0.4) is 0 Å². The van der Waals surface area contributed by atoms with E-state index in [4.69, 9.17) is 4.84 Å². The number of oxime groups is 1. The summed E-state index contributed by atoms with van der Waals surface area (Å²) in [6, 6.07) is -1.03. The first kappa shape index (κ1) is 26.4. The van der Waals surface area contributed by atoms with E-state index >= 15 is 0 Å². The van der Waals surface area contributed by atoms with Crippen molar-refractivity contribution < 1.29 is 34.5 Å². The van der Waals surface area contributed by atoms with E-state index in [1.54, 1.807) is 6.92 Å². The van der Waals surface area contributed by atoms with Crippen LogP contribution in [0, 0.1) is 28.6 Å². The van der Waals surface area contributed by atoms with Gasteiger partial charge < -0.3 is 25.1 Å². The van der Waals surface area contributed by atoms with Crippen LogP contribution < -0.4 is 0 Å². The molecule has 1 aliphatic heterocycles. The minimum atomic E-state index is -1.20. The lowest BCUT2D eigenvalue weighted by Crippen LogP contribution is -2.57. The molecule has 1 saturated heterocycles. The van der Waals surface area contributed by atoms with Crippen LogP contribution in [0.4, 0.5) is 0 Å². The van der Waals surface area contributed by atoms with Crippen LogP contribution in [0.2, 0.25) is 0 Å². The van der Waals surface area contributed by atoms with E-state index in [-0.39, 0.29) is 36.2 Å². The number of rotatable bonds is 5. The van der Waals surface area contributed by atoms with Crippen molar-refractivity contribution in [3.8, 4) is 0 Å². The number of ketones is 1. The van der Waals surface area contributed by atoms with Gasteiger partial charge in [-0.1, -0.05) is 24.6 Å². The van der Waals surface area contributed by atoms with Gasteiger partial charge in [-0.3, -0.25) is 9.59 Å². The highest BCUT2D eigenvalue weighted by molar-refractivity contribution is 5.96. The van der Waals surface area contributed by atoms with E-state index in [0.29, 0.717) is 24.2 Å². The number of β-amino-alcohol motifs (C(OH)–C–C–N with tert-alkyl or cyclic N) is 1. The van der Waals surface area contributed by atoms with Gasteiger partial charge in [-0.2, -0.15) is 0 Å². The molecule has 3 N–H and O–H groups in total. The number of hydrogen-bond acceptors (Lipinski definition) is 7. The number of carbonyl (C=O) groups excluding carboxylic acids is 2. The van der Waals surface area contributed by atoms with Gasteiger partial charge in [0.05, 0.1) is 11.8 Å². The number of nitrogens with zero attached hydrogens (tertiary/aromatic N) is 2. The summed E-state index contributed by atoms with van der Waals surface area (Å²) < 4.78 is 0. The summed E-state index contributed by atoms with van der Waals surface area (Å²) >= 11 is 0. The largest absolute Gasteiger partial charge is 0.480 e. The van der Waals surface area contributed by atoms with Gasteiger partial charge in [0.1, 0.15) is 11.6 Å². The highest BCUT2D eigenvalue weighted by Gasteiger charge is 2.65. The summed E-state index contributed by atoms with van der Waals surface area (Å²) in [5.74, 6) is -0.334.